The first-order chi connectivity index (χ1) is 8.50. The van der Waals surface area contributed by atoms with Crippen LogP contribution in [0.5, 0.6) is 0 Å². The van der Waals surface area contributed by atoms with Crippen molar-refractivity contribution in [3.05, 3.63) is 58.7 Å². The maximum Gasteiger partial charge on any atom is 0.335 e. The Kier molecular flexibility index (Phi) is 3.19. The maximum absolute atomic E-state index is 11.2. The largest absolute Gasteiger partial charge is 0.478 e. The van der Waals surface area contributed by atoms with Crippen LogP contribution in [-0.4, -0.2) is 11.1 Å². The van der Waals surface area contributed by atoms with Gasteiger partial charge in [0.15, 0.2) is 0 Å². The first kappa shape index (κ1) is 12.4. The molecule has 0 bridgehead atoms. The second kappa shape index (κ2) is 4.65. The summed E-state index contributed by atoms with van der Waals surface area (Å²) in [6, 6.07) is 11.7. The summed E-state index contributed by atoms with van der Waals surface area (Å²) in [5.41, 5.74) is 5.62. The Balaban J connectivity index is 2.62. The number of hydrogen-bond acceptors (Lipinski definition) is 1. The van der Waals surface area contributed by atoms with Gasteiger partial charge in [0.05, 0.1) is 5.56 Å². The molecule has 0 unspecified atom stereocenters. The van der Waals surface area contributed by atoms with Gasteiger partial charge >= 0.3 is 5.97 Å². The molecule has 0 saturated carbocycles. The Morgan fingerprint density at radius 2 is 1.72 bits per heavy atom. The smallest absolute Gasteiger partial charge is 0.335 e. The highest BCUT2D eigenvalue weighted by Gasteiger charge is 2.10. The van der Waals surface area contributed by atoms with Crippen molar-refractivity contribution in [2.45, 2.75) is 20.8 Å². The quantitative estimate of drug-likeness (QED) is 0.862. The van der Waals surface area contributed by atoms with E-state index in [4.69, 9.17) is 5.11 Å². The molecule has 2 rings (SSSR count). The van der Waals surface area contributed by atoms with Gasteiger partial charge in [-0.2, -0.15) is 0 Å². The van der Waals surface area contributed by atoms with E-state index in [1.807, 2.05) is 31.2 Å². The van der Waals surface area contributed by atoms with Crippen molar-refractivity contribution in [3.63, 3.8) is 0 Å². The molecule has 0 amide bonds. The van der Waals surface area contributed by atoms with Gasteiger partial charge < -0.3 is 5.11 Å². The summed E-state index contributed by atoms with van der Waals surface area (Å²) in [5, 5.41) is 9.16. The van der Waals surface area contributed by atoms with Crippen molar-refractivity contribution in [1.29, 1.82) is 0 Å². The highest BCUT2D eigenvalue weighted by atomic mass is 16.4. The van der Waals surface area contributed by atoms with Crippen LogP contribution in [0.4, 0.5) is 0 Å². The Bertz CT molecular complexity index is 612. The summed E-state index contributed by atoms with van der Waals surface area (Å²) in [6.45, 7) is 5.94. The van der Waals surface area contributed by atoms with Gasteiger partial charge in [0.2, 0.25) is 0 Å². The summed E-state index contributed by atoms with van der Waals surface area (Å²) in [6.07, 6.45) is 0. The van der Waals surface area contributed by atoms with Gasteiger partial charge in [0.25, 0.3) is 0 Å². The van der Waals surface area contributed by atoms with Crippen LogP contribution in [-0.2, 0) is 0 Å². The predicted octanol–water partition coefficient (Wildman–Crippen LogP) is 3.98. The van der Waals surface area contributed by atoms with Crippen molar-refractivity contribution >= 4 is 5.97 Å². The lowest BCUT2D eigenvalue weighted by molar-refractivity contribution is 0.0696. The van der Waals surface area contributed by atoms with E-state index in [0.717, 1.165) is 16.7 Å². The molecule has 0 aliphatic rings. The number of hydrogen-bond donors (Lipinski definition) is 1. The Labute approximate surface area is 107 Å². The van der Waals surface area contributed by atoms with Crippen molar-refractivity contribution < 1.29 is 9.90 Å². The Morgan fingerprint density at radius 3 is 2.39 bits per heavy atom. The molecule has 2 aromatic carbocycles. The molecular formula is C16H16O2. The third kappa shape index (κ3) is 2.14. The molecule has 2 heteroatoms. The minimum atomic E-state index is -0.875. The van der Waals surface area contributed by atoms with Gasteiger partial charge in [-0.15, -0.1) is 0 Å². The molecule has 1 N–H and O–H groups in total. The molecule has 0 atom stereocenters. The zero-order valence-corrected chi connectivity index (χ0v) is 10.8. The van der Waals surface area contributed by atoms with Crippen molar-refractivity contribution in [1.82, 2.24) is 0 Å². The lowest BCUT2D eigenvalue weighted by atomic mass is 9.94. The normalized spacial score (nSPS) is 10.4. The molecule has 0 aliphatic carbocycles. The standard InChI is InChI=1S/C16H16O2/c1-10-5-4-6-14(12(10)3)13-8-7-11(2)15(9-13)16(17)18/h4-9H,1-3H3,(H,17,18). The zero-order valence-electron chi connectivity index (χ0n) is 10.8. The molecule has 92 valence electrons. The molecule has 0 spiro atoms. The van der Waals surface area contributed by atoms with E-state index < -0.39 is 5.97 Å². The van der Waals surface area contributed by atoms with E-state index in [-0.39, 0.29) is 0 Å². The third-order valence-corrected chi connectivity index (χ3v) is 3.38. The fraction of sp³-hybridized carbons (Fsp3) is 0.188. The average molecular weight is 240 g/mol. The van der Waals surface area contributed by atoms with Gasteiger partial charge in [-0.1, -0.05) is 30.3 Å². The summed E-state index contributed by atoms with van der Waals surface area (Å²) in [7, 11) is 0. The van der Waals surface area contributed by atoms with E-state index in [9.17, 15) is 4.79 Å². The Morgan fingerprint density at radius 1 is 1.00 bits per heavy atom. The zero-order chi connectivity index (χ0) is 13.3. The molecular weight excluding hydrogens is 224 g/mol. The Hall–Kier alpha value is -2.09. The van der Waals surface area contributed by atoms with Crippen LogP contribution in [0.15, 0.2) is 36.4 Å². The number of carboxylic acid groups (broad SMARTS) is 1. The molecule has 0 aromatic heterocycles. The van der Waals surface area contributed by atoms with Crippen molar-refractivity contribution in [2.75, 3.05) is 0 Å². The number of aromatic carboxylic acids is 1. The molecule has 0 aliphatic heterocycles. The number of benzene rings is 2. The second-order valence-corrected chi connectivity index (χ2v) is 4.58. The summed E-state index contributed by atoms with van der Waals surface area (Å²) >= 11 is 0. The van der Waals surface area contributed by atoms with Crippen LogP contribution in [0.2, 0.25) is 0 Å². The lowest BCUT2D eigenvalue weighted by Crippen LogP contribution is -2.00. The van der Waals surface area contributed by atoms with Gasteiger partial charge in [0.1, 0.15) is 0 Å². The molecule has 0 heterocycles. The SMILES string of the molecule is Cc1ccc(-c2cccc(C)c2C)cc1C(=O)O. The van der Waals surface area contributed by atoms with Gasteiger partial charge in [-0.05, 0) is 54.7 Å². The summed E-state index contributed by atoms with van der Waals surface area (Å²) in [5.74, 6) is -0.875. The van der Waals surface area contributed by atoms with Crippen LogP contribution in [0, 0.1) is 20.8 Å². The van der Waals surface area contributed by atoms with Crippen LogP contribution in [0.3, 0.4) is 0 Å². The molecule has 2 nitrogen and oxygen atoms in total. The molecule has 18 heavy (non-hydrogen) atoms. The van der Waals surface area contributed by atoms with E-state index in [0.29, 0.717) is 5.56 Å². The van der Waals surface area contributed by atoms with E-state index in [1.54, 1.807) is 6.07 Å². The van der Waals surface area contributed by atoms with Crippen LogP contribution in [0.25, 0.3) is 11.1 Å². The second-order valence-electron chi connectivity index (χ2n) is 4.58. The minimum Gasteiger partial charge on any atom is -0.478 e. The van der Waals surface area contributed by atoms with E-state index >= 15 is 0 Å². The van der Waals surface area contributed by atoms with Gasteiger partial charge in [-0.3, -0.25) is 0 Å². The molecule has 2 aromatic rings. The summed E-state index contributed by atoms with van der Waals surface area (Å²) < 4.78 is 0. The molecule has 0 fully saturated rings. The first-order valence-corrected chi connectivity index (χ1v) is 5.91. The van der Waals surface area contributed by atoms with Crippen LogP contribution < -0.4 is 0 Å². The number of aryl methyl sites for hydroxylation is 2. The molecule has 0 radical (unpaired) electrons. The van der Waals surface area contributed by atoms with Crippen molar-refractivity contribution in [3.8, 4) is 11.1 Å². The number of rotatable bonds is 2. The maximum atomic E-state index is 11.2. The summed E-state index contributed by atoms with van der Waals surface area (Å²) in [4.78, 5) is 11.2. The highest BCUT2D eigenvalue weighted by molar-refractivity contribution is 5.91. The average Bonchev–Trinajstić information content (AvgIpc) is 2.33. The first-order valence-electron chi connectivity index (χ1n) is 5.91. The number of carboxylic acids is 1. The fourth-order valence-electron chi connectivity index (χ4n) is 2.08. The predicted molar refractivity (Wildman–Crippen MR) is 73.0 cm³/mol. The topological polar surface area (TPSA) is 37.3 Å². The van der Waals surface area contributed by atoms with E-state index in [2.05, 4.69) is 19.9 Å². The third-order valence-electron chi connectivity index (χ3n) is 3.38. The van der Waals surface area contributed by atoms with Crippen LogP contribution in [0.1, 0.15) is 27.0 Å². The minimum absolute atomic E-state index is 0.369. The highest BCUT2D eigenvalue weighted by Crippen LogP contribution is 2.27. The van der Waals surface area contributed by atoms with Gasteiger partial charge in [0, 0.05) is 0 Å². The van der Waals surface area contributed by atoms with Crippen molar-refractivity contribution in [2.24, 2.45) is 0 Å². The lowest BCUT2D eigenvalue weighted by Gasteiger charge is -2.10. The fourth-order valence-corrected chi connectivity index (χ4v) is 2.08. The molecule has 0 saturated heterocycles. The van der Waals surface area contributed by atoms with Crippen LogP contribution >= 0.6 is 0 Å². The van der Waals surface area contributed by atoms with E-state index in [1.165, 1.54) is 11.1 Å². The monoisotopic (exact) mass is 240 g/mol. The number of carbonyl (C=O) groups is 1. The van der Waals surface area contributed by atoms with Gasteiger partial charge in [-0.25, -0.2) is 4.79 Å².